The molecule has 2 aromatic rings. The number of para-hydroxylation sites is 1. The zero-order valence-corrected chi connectivity index (χ0v) is 12.7. The van der Waals surface area contributed by atoms with Gasteiger partial charge in [-0.15, -0.1) is 0 Å². The van der Waals surface area contributed by atoms with Gasteiger partial charge in [0.2, 0.25) is 0 Å². The molecule has 4 heteroatoms. The van der Waals surface area contributed by atoms with Crippen LogP contribution in [0.25, 0.3) is 10.9 Å². The highest BCUT2D eigenvalue weighted by atomic mass is 15.3. The number of hydrogen-bond acceptors (Lipinski definition) is 4. The lowest BCUT2D eigenvalue weighted by Crippen LogP contribution is -2.51. The zero-order valence-electron chi connectivity index (χ0n) is 12.7. The summed E-state index contributed by atoms with van der Waals surface area (Å²) >= 11 is 0. The van der Waals surface area contributed by atoms with Crippen LogP contribution in [-0.4, -0.2) is 53.5 Å². The standard InChI is InChI=1S/C17H24N4/c1-14(12-18)21-10-8-20(9-11-21)13-15-6-7-19-17-5-3-2-4-16(15)17/h2-7,14H,8-13,18H2,1H3. The molecule has 4 nitrogen and oxygen atoms in total. The van der Waals surface area contributed by atoms with Crippen molar-refractivity contribution in [2.24, 2.45) is 5.73 Å². The average Bonchev–Trinajstić information content (AvgIpc) is 2.55. The van der Waals surface area contributed by atoms with E-state index in [0.717, 1.165) is 44.8 Å². The Balaban J connectivity index is 1.67. The van der Waals surface area contributed by atoms with Crippen LogP contribution in [0.3, 0.4) is 0 Å². The Labute approximate surface area is 126 Å². The van der Waals surface area contributed by atoms with Gasteiger partial charge in [0.05, 0.1) is 5.52 Å². The van der Waals surface area contributed by atoms with Crippen molar-refractivity contribution in [3.05, 3.63) is 42.1 Å². The van der Waals surface area contributed by atoms with Crippen molar-refractivity contribution in [3.8, 4) is 0 Å². The number of aromatic nitrogens is 1. The van der Waals surface area contributed by atoms with Gasteiger partial charge in [-0.05, 0) is 24.6 Å². The van der Waals surface area contributed by atoms with Gasteiger partial charge in [-0.25, -0.2) is 0 Å². The number of piperazine rings is 1. The van der Waals surface area contributed by atoms with Gasteiger partial charge < -0.3 is 5.73 Å². The van der Waals surface area contributed by atoms with Gasteiger partial charge in [-0.2, -0.15) is 0 Å². The molecule has 0 radical (unpaired) electrons. The van der Waals surface area contributed by atoms with E-state index in [4.69, 9.17) is 5.73 Å². The molecule has 0 bridgehead atoms. The highest BCUT2D eigenvalue weighted by molar-refractivity contribution is 5.81. The molecule has 0 amide bonds. The molecule has 1 aliphatic heterocycles. The highest BCUT2D eigenvalue weighted by Gasteiger charge is 2.20. The average molecular weight is 284 g/mol. The second kappa shape index (κ2) is 6.52. The van der Waals surface area contributed by atoms with E-state index in [0.29, 0.717) is 6.04 Å². The summed E-state index contributed by atoms with van der Waals surface area (Å²) in [4.78, 5) is 9.46. The first kappa shape index (κ1) is 14.4. The third kappa shape index (κ3) is 3.23. The second-order valence-electron chi connectivity index (χ2n) is 5.88. The predicted octanol–water partition coefficient (Wildman–Crippen LogP) is 1.70. The molecule has 3 rings (SSSR count). The number of pyridine rings is 1. The summed E-state index contributed by atoms with van der Waals surface area (Å²) in [6.45, 7) is 8.42. The molecular formula is C17H24N4. The second-order valence-corrected chi connectivity index (χ2v) is 5.88. The topological polar surface area (TPSA) is 45.4 Å². The van der Waals surface area contributed by atoms with Gasteiger partial charge in [0.25, 0.3) is 0 Å². The first-order valence-electron chi connectivity index (χ1n) is 7.77. The van der Waals surface area contributed by atoms with Crippen LogP contribution < -0.4 is 5.73 Å². The summed E-state index contributed by atoms with van der Waals surface area (Å²) in [5.74, 6) is 0. The number of nitrogens with zero attached hydrogens (tertiary/aromatic N) is 3. The highest BCUT2D eigenvalue weighted by Crippen LogP contribution is 2.18. The molecule has 1 saturated heterocycles. The number of nitrogens with two attached hydrogens (primary N) is 1. The molecular weight excluding hydrogens is 260 g/mol. The van der Waals surface area contributed by atoms with E-state index in [1.165, 1.54) is 10.9 Å². The van der Waals surface area contributed by atoms with Crippen molar-refractivity contribution in [2.45, 2.75) is 19.5 Å². The van der Waals surface area contributed by atoms with Crippen molar-refractivity contribution < 1.29 is 0 Å². The summed E-state index contributed by atoms with van der Waals surface area (Å²) in [5, 5.41) is 1.28. The van der Waals surface area contributed by atoms with Gasteiger partial charge in [0, 0.05) is 56.9 Å². The molecule has 1 fully saturated rings. The molecule has 1 atom stereocenters. The molecule has 1 unspecified atom stereocenters. The Hall–Kier alpha value is -1.49. The maximum atomic E-state index is 5.76. The Bertz CT molecular complexity index is 585. The van der Waals surface area contributed by atoms with Crippen LogP contribution >= 0.6 is 0 Å². The summed E-state index contributed by atoms with van der Waals surface area (Å²) in [6.07, 6.45) is 1.92. The first-order chi connectivity index (χ1) is 10.3. The van der Waals surface area contributed by atoms with Crippen LogP contribution in [0.4, 0.5) is 0 Å². The predicted molar refractivity (Wildman–Crippen MR) is 87.1 cm³/mol. The van der Waals surface area contributed by atoms with Crippen molar-refractivity contribution in [2.75, 3.05) is 32.7 Å². The van der Waals surface area contributed by atoms with Crippen LogP contribution in [0.5, 0.6) is 0 Å². The molecule has 1 aromatic heterocycles. The molecule has 0 saturated carbocycles. The lowest BCUT2D eigenvalue weighted by molar-refractivity contribution is 0.101. The van der Waals surface area contributed by atoms with E-state index in [1.807, 2.05) is 12.3 Å². The normalized spacial score (nSPS) is 19.0. The molecule has 1 aliphatic rings. The Morgan fingerprint density at radius 2 is 1.90 bits per heavy atom. The van der Waals surface area contributed by atoms with Crippen LogP contribution in [0.2, 0.25) is 0 Å². The molecule has 0 spiro atoms. The van der Waals surface area contributed by atoms with Crippen LogP contribution in [0, 0.1) is 0 Å². The van der Waals surface area contributed by atoms with E-state index in [-0.39, 0.29) is 0 Å². The van der Waals surface area contributed by atoms with E-state index >= 15 is 0 Å². The molecule has 2 heterocycles. The van der Waals surface area contributed by atoms with Gasteiger partial charge in [0.15, 0.2) is 0 Å². The van der Waals surface area contributed by atoms with E-state index in [9.17, 15) is 0 Å². The Kier molecular flexibility index (Phi) is 4.48. The fraction of sp³-hybridized carbons (Fsp3) is 0.471. The summed E-state index contributed by atoms with van der Waals surface area (Å²) < 4.78 is 0. The van der Waals surface area contributed by atoms with Crippen molar-refractivity contribution in [1.82, 2.24) is 14.8 Å². The van der Waals surface area contributed by atoms with Gasteiger partial charge in [-0.1, -0.05) is 18.2 Å². The fourth-order valence-corrected chi connectivity index (χ4v) is 3.05. The smallest absolute Gasteiger partial charge is 0.0705 e. The fourth-order valence-electron chi connectivity index (χ4n) is 3.05. The monoisotopic (exact) mass is 284 g/mol. The van der Waals surface area contributed by atoms with Crippen LogP contribution in [0.15, 0.2) is 36.5 Å². The van der Waals surface area contributed by atoms with Gasteiger partial charge in [-0.3, -0.25) is 14.8 Å². The van der Waals surface area contributed by atoms with Gasteiger partial charge in [0.1, 0.15) is 0 Å². The number of fused-ring (bicyclic) bond motifs is 1. The number of hydrogen-bond donors (Lipinski definition) is 1. The van der Waals surface area contributed by atoms with E-state index < -0.39 is 0 Å². The maximum Gasteiger partial charge on any atom is 0.0705 e. The summed E-state index contributed by atoms with van der Waals surface area (Å²) in [6, 6.07) is 11.0. The lowest BCUT2D eigenvalue weighted by atomic mass is 10.1. The van der Waals surface area contributed by atoms with Crippen LogP contribution in [-0.2, 0) is 6.54 Å². The molecule has 1 aromatic carbocycles. The Morgan fingerprint density at radius 1 is 1.14 bits per heavy atom. The molecule has 0 aliphatic carbocycles. The maximum absolute atomic E-state index is 5.76. The Morgan fingerprint density at radius 3 is 2.67 bits per heavy atom. The summed E-state index contributed by atoms with van der Waals surface area (Å²) in [5.41, 5.74) is 8.23. The van der Waals surface area contributed by atoms with Gasteiger partial charge >= 0.3 is 0 Å². The minimum absolute atomic E-state index is 0.494. The molecule has 2 N–H and O–H groups in total. The SMILES string of the molecule is CC(CN)N1CCN(Cc2ccnc3ccccc23)CC1. The van der Waals surface area contributed by atoms with Crippen LogP contribution in [0.1, 0.15) is 12.5 Å². The molecule has 21 heavy (non-hydrogen) atoms. The van der Waals surface area contributed by atoms with E-state index in [1.54, 1.807) is 0 Å². The molecule has 112 valence electrons. The van der Waals surface area contributed by atoms with Crippen molar-refractivity contribution in [3.63, 3.8) is 0 Å². The third-order valence-electron chi connectivity index (χ3n) is 4.50. The largest absolute Gasteiger partial charge is 0.329 e. The minimum atomic E-state index is 0.494. The van der Waals surface area contributed by atoms with E-state index in [2.05, 4.69) is 46.0 Å². The summed E-state index contributed by atoms with van der Waals surface area (Å²) in [7, 11) is 0. The number of benzene rings is 1. The minimum Gasteiger partial charge on any atom is -0.329 e. The lowest BCUT2D eigenvalue weighted by Gasteiger charge is -2.37. The van der Waals surface area contributed by atoms with Crippen molar-refractivity contribution >= 4 is 10.9 Å². The first-order valence-corrected chi connectivity index (χ1v) is 7.77. The quantitative estimate of drug-likeness (QED) is 0.928. The zero-order chi connectivity index (χ0) is 14.7. The number of rotatable bonds is 4. The third-order valence-corrected chi connectivity index (χ3v) is 4.50. The van der Waals surface area contributed by atoms with Crippen molar-refractivity contribution in [1.29, 1.82) is 0 Å².